The van der Waals surface area contributed by atoms with Gasteiger partial charge in [0, 0.05) is 41.3 Å². The van der Waals surface area contributed by atoms with Gasteiger partial charge in [-0.05, 0) is 50.3 Å². The molecule has 0 amide bonds. The van der Waals surface area contributed by atoms with Crippen molar-refractivity contribution in [1.29, 1.82) is 0 Å². The van der Waals surface area contributed by atoms with Crippen molar-refractivity contribution in [2.75, 3.05) is 13.1 Å². The summed E-state index contributed by atoms with van der Waals surface area (Å²) in [6, 6.07) is 5.77. The van der Waals surface area contributed by atoms with Crippen molar-refractivity contribution in [2.45, 2.75) is 51.2 Å². The molecule has 1 saturated carbocycles. The minimum atomic E-state index is -0.0945. The van der Waals surface area contributed by atoms with Crippen LogP contribution in [0.5, 0.6) is 0 Å². The summed E-state index contributed by atoms with van der Waals surface area (Å²) in [5.41, 5.74) is 0.966. The third kappa shape index (κ3) is 3.17. The van der Waals surface area contributed by atoms with E-state index >= 15 is 0 Å². The SMILES string of the molecule is CCC1CN(Cc2cc(Br)ccc2F)C(C)(C2CC2)CN1. The molecule has 2 aliphatic rings. The first kappa shape index (κ1) is 15.4. The van der Waals surface area contributed by atoms with Crippen LogP contribution in [-0.4, -0.2) is 29.6 Å². The molecule has 21 heavy (non-hydrogen) atoms. The largest absolute Gasteiger partial charge is 0.311 e. The van der Waals surface area contributed by atoms with E-state index in [1.165, 1.54) is 12.8 Å². The van der Waals surface area contributed by atoms with Gasteiger partial charge in [0.1, 0.15) is 5.82 Å². The van der Waals surface area contributed by atoms with E-state index in [9.17, 15) is 4.39 Å². The van der Waals surface area contributed by atoms with Crippen LogP contribution >= 0.6 is 15.9 Å². The van der Waals surface area contributed by atoms with Crippen LogP contribution in [0.4, 0.5) is 4.39 Å². The highest BCUT2D eigenvalue weighted by Gasteiger charge is 2.48. The third-order valence-electron chi connectivity index (χ3n) is 5.23. The van der Waals surface area contributed by atoms with Gasteiger partial charge in [-0.2, -0.15) is 0 Å². The van der Waals surface area contributed by atoms with Crippen molar-refractivity contribution in [3.63, 3.8) is 0 Å². The van der Waals surface area contributed by atoms with Crippen molar-refractivity contribution < 1.29 is 4.39 Å². The normalized spacial score (nSPS) is 30.6. The monoisotopic (exact) mass is 354 g/mol. The molecule has 1 aromatic rings. The molecule has 4 heteroatoms. The Kier molecular flexibility index (Phi) is 4.40. The number of piperazine rings is 1. The predicted octanol–water partition coefficient (Wildman–Crippen LogP) is 3.94. The van der Waals surface area contributed by atoms with Gasteiger partial charge < -0.3 is 5.32 Å². The summed E-state index contributed by atoms with van der Waals surface area (Å²) in [7, 11) is 0. The lowest BCUT2D eigenvalue weighted by atomic mass is 9.88. The van der Waals surface area contributed by atoms with Gasteiger partial charge in [0.25, 0.3) is 0 Å². The summed E-state index contributed by atoms with van der Waals surface area (Å²) < 4.78 is 15.1. The van der Waals surface area contributed by atoms with Crippen molar-refractivity contribution >= 4 is 15.9 Å². The van der Waals surface area contributed by atoms with Gasteiger partial charge in [-0.3, -0.25) is 4.90 Å². The fourth-order valence-electron chi connectivity index (χ4n) is 3.50. The van der Waals surface area contributed by atoms with Crippen LogP contribution in [0.2, 0.25) is 0 Å². The third-order valence-corrected chi connectivity index (χ3v) is 5.72. The molecule has 1 saturated heterocycles. The van der Waals surface area contributed by atoms with Crippen LogP contribution in [0.3, 0.4) is 0 Å². The second-order valence-electron chi connectivity index (χ2n) is 6.73. The second-order valence-corrected chi connectivity index (χ2v) is 7.65. The molecule has 1 aromatic carbocycles. The molecule has 1 N–H and O–H groups in total. The van der Waals surface area contributed by atoms with Gasteiger partial charge in [-0.15, -0.1) is 0 Å². The fraction of sp³-hybridized carbons (Fsp3) is 0.647. The van der Waals surface area contributed by atoms with Gasteiger partial charge in [0.05, 0.1) is 0 Å². The highest BCUT2D eigenvalue weighted by Crippen LogP contribution is 2.44. The minimum Gasteiger partial charge on any atom is -0.311 e. The molecule has 2 fully saturated rings. The molecule has 1 aliphatic heterocycles. The maximum Gasteiger partial charge on any atom is 0.127 e. The van der Waals surface area contributed by atoms with Crippen molar-refractivity contribution in [2.24, 2.45) is 5.92 Å². The van der Waals surface area contributed by atoms with Crippen LogP contribution in [0.1, 0.15) is 38.7 Å². The number of hydrogen-bond acceptors (Lipinski definition) is 2. The van der Waals surface area contributed by atoms with E-state index in [1.54, 1.807) is 12.1 Å². The average Bonchev–Trinajstić information content (AvgIpc) is 3.30. The molecular weight excluding hydrogens is 331 g/mol. The van der Waals surface area contributed by atoms with Crippen molar-refractivity contribution in [3.05, 3.63) is 34.1 Å². The van der Waals surface area contributed by atoms with Gasteiger partial charge in [0.15, 0.2) is 0 Å². The molecule has 2 unspecified atom stereocenters. The van der Waals surface area contributed by atoms with Crippen LogP contribution < -0.4 is 5.32 Å². The highest BCUT2D eigenvalue weighted by molar-refractivity contribution is 9.10. The summed E-state index contributed by atoms with van der Waals surface area (Å²) in [5, 5.41) is 3.68. The number of benzene rings is 1. The van der Waals surface area contributed by atoms with E-state index in [1.807, 2.05) is 6.07 Å². The van der Waals surface area contributed by atoms with Gasteiger partial charge in [0.2, 0.25) is 0 Å². The molecule has 116 valence electrons. The first-order chi connectivity index (χ1) is 10.0. The van der Waals surface area contributed by atoms with Gasteiger partial charge in [-0.1, -0.05) is 22.9 Å². The van der Waals surface area contributed by atoms with E-state index in [0.29, 0.717) is 12.6 Å². The summed E-state index contributed by atoms with van der Waals surface area (Å²) in [5.74, 6) is 0.668. The zero-order valence-corrected chi connectivity index (χ0v) is 14.4. The average molecular weight is 355 g/mol. The standard InChI is InChI=1S/C17H24BrFN2/c1-3-15-10-21(17(2,11-20-15)13-4-5-13)9-12-8-14(18)6-7-16(12)19/h6-8,13,15,20H,3-5,9-11H2,1-2H3. The Morgan fingerprint density at radius 2 is 2.19 bits per heavy atom. The van der Waals surface area contributed by atoms with E-state index in [-0.39, 0.29) is 11.4 Å². The van der Waals surface area contributed by atoms with Crippen LogP contribution in [0, 0.1) is 11.7 Å². The molecule has 1 heterocycles. The van der Waals surface area contributed by atoms with E-state index in [4.69, 9.17) is 0 Å². The summed E-state index contributed by atoms with van der Waals surface area (Å²) in [4.78, 5) is 2.51. The Morgan fingerprint density at radius 1 is 1.43 bits per heavy atom. The Labute approximate surface area is 135 Å². The minimum absolute atomic E-state index is 0.0945. The number of rotatable bonds is 4. The fourth-order valence-corrected chi connectivity index (χ4v) is 3.91. The zero-order valence-electron chi connectivity index (χ0n) is 12.8. The van der Waals surface area contributed by atoms with E-state index < -0.39 is 0 Å². The number of nitrogens with one attached hydrogen (secondary N) is 1. The summed E-state index contributed by atoms with van der Waals surface area (Å²) in [6.45, 7) is 7.30. The molecule has 3 rings (SSSR count). The molecule has 0 bridgehead atoms. The number of halogens is 2. The zero-order chi connectivity index (χ0) is 15.0. The Morgan fingerprint density at radius 3 is 2.86 bits per heavy atom. The van der Waals surface area contributed by atoms with Crippen molar-refractivity contribution in [1.82, 2.24) is 10.2 Å². The lowest BCUT2D eigenvalue weighted by Crippen LogP contribution is -2.63. The topological polar surface area (TPSA) is 15.3 Å². The van der Waals surface area contributed by atoms with Gasteiger partial charge >= 0.3 is 0 Å². The number of nitrogens with zero attached hydrogens (tertiary/aromatic N) is 1. The smallest absolute Gasteiger partial charge is 0.127 e. The Bertz CT molecular complexity index is 518. The summed E-state index contributed by atoms with van der Waals surface area (Å²) in [6.07, 6.45) is 3.75. The lowest BCUT2D eigenvalue weighted by molar-refractivity contribution is 0.0262. The molecule has 0 aromatic heterocycles. The molecule has 2 atom stereocenters. The lowest BCUT2D eigenvalue weighted by Gasteiger charge is -2.48. The highest BCUT2D eigenvalue weighted by atomic mass is 79.9. The maximum atomic E-state index is 14.1. The van der Waals surface area contributed by atoms with Crippen LogP contribution in [0.25, 0.3) is 0 Å². The van der Waals surface area contributed by atoms with Crippen LogP contribution in [0.15, 0.2) is 22.7 Å². The second kappa shape index (κ2) is 5.98. The molecule has 1 aliphatic carbocycles. The van der Waals surface area contributed by atoms with Crippen molar-refractivity contribution in [3.8, 4) is 0 Å². The molecule has 0 spiro atoms. The summed E-state index contributed by atoms with van der Waals surface area (Å²) >= 11 is 3.46. The first-order valence-corrected chi connectivity index (χ1v) is 8.74. The van der Waals surface area contributed by atoms with Gasteiger partial charge in [-0.25, -0.2) is 4.39 Å². The van der Waals surface area contributed by atoms with E-state index in [2.05, 4.69) is 40.0 Å². The predicted molar refractivity (Wildman–Crippen MR) is 87.7 cm³/mol. The van der Waals surface area contributed by atoms with Crippen LogP contribution in [-0.2, 0) is 6.54 Å². The van der Waals surface area contributed by atoms with E-state index in [0.717, 1.165) is 35.5 Å². The Balaban J connectivity index is 1.83. The first-order valence-electron chi connectivity index (χ1n) is 7.95. The molecule has 0 radical (unpaired) electrons. The molecular formula is C17H24BrFN2. The maximum absolute atomic E-state index is 14.1. The molecule has 2 nitrogen and oxygen atoms in total. The Hall–Kier alpha value is -0.450. The number of hydrogen-bond donors (Lipinski definition) is 1. The quantitative estimate of drug-likeness (QED) is 0.880.